The van der Waals surface area contributed by atoms with E-state index in [9.17, 15) is 4.79 Å². The largest absolute Gasteiger partial charge is 0.366 e. The van der Waals surface area contributed by atoms with Crippen molar-refractivity contribution < 1.29 is 4.79 Å². The smallest absolute Gasteiger partial charge is 0.250 e. The normalized spacial score (nSPS) is 24.3. The van der Waals surface area contributed by atoms with E-state index >= 15 is 0 Å². The molecule has 0 aliphatic carbocycles. The zero-order valence-electron chi connectivity index (χ0n) is 16.9. The Labute approximate surface area is 175 Å². The van der Waals surface area contributed by atoms with Gasteiger partial charge in [0.15, 0.2) is 0 Å². The molecule has 1 aromatic heterocycles. The maximum absolute atomic E-state index is 11.6. The number of benzene rings is 1. The standard InChI is InChI=1S/C17H24N4O.C4H8S2/c1-2-3-4-9-17(10-6-11-19-17)16-20-13-8-5-7-12(15(18)22)14(13)21-16;1-4-2-3-5-6-4/h5,7-8,19H,2-4,6,9-11H2,1H3,(H2,18,22)(H,20,21);4H,2-3H2,1H3/t17-;/m0./s1. The molecule has 5 nitrogen and oxygen atoms in total. The average molecular weight is 421 g/mol. The minimum absolute atomic E-state index is 0.0803. The number of aromatic amines is 1. The summed E-state index contributed by atoms with van der Waals surface area (Å²) in [6, 6.07) is 5.53. The van der Waals surface area contributed by atoms with Crippen LogP contribution in [0.15, 0.2) is 18.2 Å². The van der Waals surface area contributed by atoms with E-state index in [1.807, 2.05) is 33.7 Å². The lowest BCUT2D eigenvalue weighted by atomic mass is 9.90. The van der Waals surface area contributed by atoms with Crippen molar-refractivity contribution in [2.75, 3.05) is 12.3 Å². The summed E-state index contributed by atoms with van der Waals surface area (Å²) in [5.41, 5.74) is 7.45. The Morgan fingerprint density at radius 2 is 2.25 bits per heavy atom. The molecule has 2 atom stereocenters. The van der Waals surface area contributed by atoms with Gasteiger partial charge in [-0.15, -0.1) is 0 Å². The molecule has 0 bridgehead atoms. The van der Waals surface area contributed by atoms with E-state index in [2.05, 4.69) is 24.1 Å². The van der Waals surface area contributed by atoms with Crippen LogP contribution in [0.5, 0.6) is 0 Å². The fraction of sp³-hybridized carbons (Fsp3) is 0.619. The van der Waals surface area contributed by atoms with Crippen LogP contribution in [0.1, 0.15) is 75.0 Å². The Balaban J connectivity index is 0.000000320. The van der Waals surface area contributed by atoms with Gasteiger partial charge in [0.05, 0.1) is 16.6 Å². The summed E-state index contributed by atoms with van der Waals surface area (Å²) < 4.78 is 0. The third kappa shape index (κ3) is 5.05. The molecule has 4 rings (SSSR count). The van der Waals surface area contributed by atoms with E-state index in [1.54, 1.807) is 6.07 Å². The van der Waals surface area contributed by atoms with Crippen molar-refractivity contribution in [1.29, 1.82) is 0 Å². The van der Waals surface area contributed by atoms with Gasteiger partial charge in [0.2, 0.25) is 0 Å². The average Bonchev–Trinajstić information content (AvgIpc) is 3.42. The first-order valence-corrected chi connectivity index (χ1v) is 12.8. The molecule has 7 heteroatoms. The van der Waals surface area contributed by atoms with Crippen LogP contribution >= 0.6 is 21.6 Å². The van der Waals surface area contributed by atoms with Gasteiger partial charge in [-0.25, -0.2) is 4.98 Å². The first kappa shape index (κ1) is 21.5. The van der Waals surface area contributed by atoms with Gasteiger partial charge in [-0.1, -0.05) is 60.8 Å². The van der Waals surface area contributed by atoms with Crippen LogP contribution in [0.25, 0.3) is 11.0 Å². The highest BCUT2D eigenvalue weighted by molar-refractivity contribution is 8.77. The van der Waals surface area contributed by atoms with E-state index in [0.29, 0.717) is 11.1 Å². The topological polar surface area (TPSA) is 83.8 Å². The van der Waals surface area contributed by atoms with Crippen LogP contribution < -0.4 is 11.1 Å². The molecule has 2 aliphatic heterocycles. The number of carbonyl (C=O) groups excluding carboxylic acids is 1. The summed E-state index contributed by atoms with van der Waals surface area (Å²) >= 11 is 0. The molecule has 1 amide bonds. The number of nitrogens with zero attached hydrogens (tertiary/aromatic N) is 1. The number of hydrogen-bond donors (Lipinski definition) is 3. The number of nitrogens with one attached hydrogen (secondary N) is 2. The monoisotopic (exact) mass is 420 g/mol. The zero-order chi connectivity index (χ0) is 20.0. The number of hydrogen-bond acceptors (Lipinski definition) is 5. The molecular formula is C21H32N4OS2. The van der Waals surface area contributed by atoms with Crippen LogP contribution in [0, 0.1) is 0 Å². The molecule has 3 heterocycles. The number of imidazole rings is 1. The van der Waals surface area contributed by atoms with Crippen molar-refractivity contribution in [2.45, 2.75) is 69.6 Å². The number of nitrogens with two attached hydrogens (primary N) is 1. The minimum Gasteiger partial charge on any atom is -0.366 e. The summed E-state index contributed by atoms with van der Waals surface area (Å²) in [5, 5.41) is 4.57. The lowest BCUT2D eigenvalue weighted by molar-refractivity contribution is 0.100. The molecule has 154 valence electrons. The third-order valence-corrected chi connectivity index (χ3v) is 8.52. The van der Waals surface area contributed by atoms with Gasteiger partial charge >= 0.3 is 0 Å². The molecule has 28 heavy (non-hydrogen) atoms. The van der Waals surface area contributed by atoms with Gasteiger partial charge in [0.1, 0.15) is 11.3 Å². The van der Waals surface area contributed by atoms with Gasteiger partial charge in [-0.2, -0.15) is 0 Å². The van der Waals surface area contributed by atoms with E-state index in [0.717, 1.165) is 42.4 Å². The summed E-state index contributed by atoms with van der Waals surface area (Å²) in [5.74, 6) is 1.89. The Morgan fingerprint density at radius 3 is 2.82 bits per heavy atom. The second kappa shape index (κ2) is 10.0. The Hall–Kier alpha value is -1.18. The highest BCUT2D eigenvalue weighted by Gasteiger charge is 2.37. The van der Waals surface area contributed by atoms with E-state index < -0.39 is 5.91 Å². The number of carbonyl (C=O) groups is 1. The molecule has 2 saturated heterocycles. The number of H-pyrrole nitrogens is 1. The van der Waals surface area contributed by atoms with Crippen molar-refractivity contribution in [2.24, 2.45) is 5.73 Å². The second-order valence-corrected chi connectivity index (χ2v) is 10.7. The molecule has 0 spiro atoms. The van der Waals surface area contributed by atoms with Crippen molar-refractivity contribution in [3.8, 4) is 0 Å². The summed E-state index contributed by atoms with van der Waals surface area (Å²) in [6.07, 6.45) is 8.36. The molecule has 0 radical (unpaired) electrons. The Kier molecular flexibility index (Phi) is 7.71. The summed E-state index contributed by atoms with van der Waals surface area (Å²) in [6.45, 7) is 5.52. The fourth-order valence-corrected chi connectivity index (χ4v) is 6.61. The van der Waals surface area contributed by atoms with Crippen LogP contribution in [0.2, 0.25) is 0 Å². The van der Waals surface area contributed by atoms with Gasteiger partial charge in [0.25, 0.3) is 5.91 Å². The molecule has 2 aliphatic rings. The van der Waals surface area contributed by atoms with Gasteiger partial charge in [0, 0.05) is 11.0 Å². The number of fused-ring (bicyclic) bond motifs is 1. The maximum Gasteiger partial charge on any atom is 0.250 e. The zero-order valence-corrected chi connectivity index (χ0v) is 18.6. The molecular weight excluding hydrogens is 388 g/mol. The van der Waals surface area contributed by atoms with Crippen molar-refractivity contribution >= 4 is 38.5 Å². The number of para-hydroxylation sites is 1. The molecule has 2 aromatic rings. The van der Waals surface area contributed by atoms with Crippen molar-refractivity contribution in [1.82, 2.24) is 15.3 Å². The number of rotatable bonds is 6. The van der Waals surface area contributed by atoms with Gasteiger partial charge < -0.3 is 16.0 Å². The highest BCUT2D eigenvalue weighted by Crippen LogP contribution is 2.37. The Morgan fingerprint density at radius 1 is 1.39 bits per heavy atom. The fourth-order valence-electron chi connectivity index (χ4n) is 3.90. The summed E-state index contributed by atoms with van der Waals surface area (Å²) in [7, 11) is 4.01. The lowest BCUT2D eigenvalue weighted by Crippen LogP contribution is -2.37. The van der Waals surface area contributed by atoms with E-state index in [-0.39, 0.29) is 5.54 Å². The third-order valence-electron chi connectivity index (χ3n) is 5.52. The van der Waals surface area contributed by atoms with Crippen LogP contribution in [0.3, 0.4) is 0 Å². The predicted octanol–water partition coefficient (Wildman–Crippen LogP) is 4.98. The quantitative estimate of drug-likeness (QED) is 0.453. The number of primary amides is 1. The van der Waals surface area contributed by atoms with Crippen molar-refractivity contribution in [3.05, 3.63) is 29.6 Å². The number of unbranched alkanes of at least 4 members (excludes halogenated alkanes) is 2. The second-order valence-electron chi connectivity index (χ2n) is 7.74. The van der Waals surface area contributed by atoms with E-state index in [4.69, 9.17) is 10.7 Å². The summed E-state index contributed by atoms with van der Waals surface area (Å²) in [4.78, 5) is 19.8. The number of aromatic nitrogens is 2. The maximum atomic E-state index is 11.6. The van der Waals surface area contributed by atoms with Crippen LogP contribution in [0.4, 0.5) is 0 Å². The van der Waals surface area contributed by atoms with E-state index in [1.165, 1.54) is 31.4 Å². The predicted molar refractivity (Wildman–Crippen MR) is 122 cm³/mol. The van der Waals surface area contributed by atoms with Crippen LogP contribution in [-0.4, -0.2) is 33.4 Å². The molecule has 4 N–H and O–H groups in total. The van der Waals surface area contributed by atoms with Crippen LogP contribution in [-0.2, 0) is 5.54 Å². The SMILES string of the molecule is CC1CCSS1.CCCCC[C@@]1(c2nc3c(C(N)=O)cccc3[nH]2)CCCN1. The molecule has 1 unspecified atom stereocenters. The van der Waals surface area contributed by atoms with Gasteiger partial charge in [-0.05, 0) is 44.4 Å². The van der Waals surface area contributed by atoms with Crippen molar-refractivity contribution in [3.63, 3.8) is 0 Å². The first-order chi connectivity index (χ1) is 13.6. The minimum atomic E-state index is -0.428. The highest BCUT2D eigenvalue weighted by atomic mass is 33.1. The first-order valence-electron chi connectivity index (χ1n) is 10.4. The Bertz CT molecular complexity index is 780. The number of amides is 1. The van der Waals surface area contributed by atoms with Gasteiger partial charge in [-0.3, -0.25) is 4.79 Å². The molecule has 1 aromatic carbocycles. The lowest BCUT2D eigenvalue weighted by Gasteiger charge is -2.27. The molecule has 2 fully saturated rings. The molecule has 0 saturated carbocycles.